The lowest BCUT2D eigenvalue weighted by Crippen LogP contribution is -2.01. The number of aromatic nitrogens is 1. The monoisotopic (exact) mass is 302 g/mol. The molecule has 0 aliphatic heterocycles. The van der Waals surface area contributed by atoms with Gasteiger partial charge in [-0.05, 0) is 30.7 Å². The summed E-state index contributed by atoms with van der Waals surface area (Å²) in [5.41, 5.74) is 1.04. The number of hydrogen-bond acceptors (Lipinski definition) is 5. The van der Waals surface area contributed by atoms with Gasteiger partial charge in [0.05, 0.1) is 36.9 Å². The summed E-state index contributed by atoms with van der Waals surface area (Å²) < 4.78 is 10.8. The van der Waals surface area contributed by atoms with Gasteiger partial charge in [-0.25, -0.2) is 4.98 Å². The second-order valence-electron chi connectivity index (χ2n) is 4.44. The molecular formula is C16H18N2O2S. The number of hydrogen-bond donors (Lipinski definition) is 0. The summed E-state index contributed by atoms with van der Waals surface area (Å²) in [6.07, 6.45) is 2.07. The molecule has 0 bridgehead atoms. The molecule has 0 aliphatic carbocycles. The van der Waals surface area contributed by atoms with Gasteiger partial charge >= 0.3 is 0 Å². The molecule has 5 heteroatoms. The van der Waals surface area contributed by atoms with Gasteiger partial charge in [0.15, 0.2) is 0 Å². The molecule has 21 heavy (non-hydrogen) atoms. The highest BCUT2D eigenvalue weighted by molar-refractivity contribution is 7.11. The second kappa shape index (κ2) is 7.65. The van der Waals surface area contributed by atoms with E-state index in [0.29, 0.717) is 13.0 Å². The highest BCUT2D eigenvalue weighted by Gasteiger charge is 2.09. The molecule has 2 rings (SSSR count). The number of nitriles is 1. The third kappa shape index (κ3) is 4.20. The van der Waals surface area contributed by atoms with E-state index in [9.17, 15) is 0 Å². The number of methoxy groups -OCH3 is 1. The molecular weight excluding hydrogens is 284 g/mol. The summed E-state index contributed by atoms with van der Waals surface area (Å²) in [6.45, 7) is 2.64. The standard InChI is InChI=1S/C16H18N2O2S/c1-3-14-15(8-10-17)21-16(18-14)9-11-20-13-6-4-12(19-2)5-7-13/h4-7H,3,8-9,11H2,1-2H3. The molecule has 0 radical (unpaired) electrons. The van der Waals surface area contributed by atoms with Crippen molar-refractivity contribution in [1.29, 1.82) is 5.26 Å². The first kappa shape index (κ1) is 15.3. The average Bonchev–Trinajstić information content (AvgIpc) is 2.90. The van der Waals surface area contributed by atoms with Crippen LogP contribution in [0.2, 0.25) is 0 Å². The third-order valence-corrected chi connectivity index (χ3v) is 4.20. The quantitative estimate of drug-likeness (QED) is 0.786. The molecule has 1 heterocycles. The van der Waals surface area contributed by atoms with Crippen LogP contribution in [0.15, 0.2) is 24.3 Å². The fourth-order valence-electron chi connectivity index (χ4n) is 1.96. The van der Waals surface area contributed by atoms with Crippen LogP contribution in [0.1, 0.15) is 22.5 Å². The van der Waals surface area contributed by atoms with Crippen LogP contribution in [-0.4, -0.2) is 18.7 Å². The Hall–Kier alpha value is -2.06. The van der Waals surface area contributed by atoms with E-state index < -0.39 is 0 Å². The Balaban J connectivity index is 1.89. The summed E-state index contributed by atoms with van der Waals surface area (Å²) in [5, 5.41) is 9.84. The second-order valence-corrected chi connectivity index (χ2v) is 5.61. The number of rotatable bonds is 7. The summed E-state index contributed by atoms with van der Waals surface area (Å²) in [4.78, 5) is 5.66. The topological polar surface area (TPSA) is 55.1 Å². The van der Waals surface area contributed by atoms with Crippen molar-refractivity contribution in [3.8, 4) is 17.6 Å². The van der Waals surface area contributed by atoms with Crippen LogP contribution in [0.25, 0.3) is 0 Å². The van der Waals surface area contributed by atoms with Crippen molar-refractivity contribution in [1.82, 2.24) is 4.98 Å². The largest absolute Gasteiger partial charge is 0.497 e. The molecule has 1 aromatic carbocycles. The minimum Gasteiger partial charge on any atom is -0.497 e. The van der Waals surface area contributed by atoms with E-state index in [2.05, 4.69) is 18.0 Å². The van der Waals surface area contributed by atoms with Crippen molar-refractivity contribution in [2.75, 3.05) is 13.7 Å². The molecule has 0 fully saturated rings. The van der Waals surface area contributed by atoms with Crippen LogP contribution in [0.3, 0.4) is 0 Å². The molecule has 4 nitrogen and oxygen atoms in total. The van der Waals surface area contributed by atoms with E-state index in [4.69, 9.17) is 14.7 Å². The SMILES string of the molecule is CCc1nc(CCOc2ccc(OC)cc2)sc1CC#N. The van der Waals surface area contributed by atoms with Crippen LogP contribution in [0, 0.1) is 11.3 Å². The number of benzene rings is 1. The van der Waals surface area contributed by atoms with Crippen LogP contribution >= 0.6 is 11.3 Å². The Labute approximate surface area is 129 Å². The first-order valence-corrected chi connectivity index (χ1v) is 7.69. The highest BCUT2D eigenvalue weighted by atomic mass is 32.1. The fourth-order valence-corrected chi connectivity index (χ4v) is 3.03. The number of nitrogens with zero attached hydrogens (tertiary/aromatic N) is 2. The number of thiazole rings is 1. The van der Waals surface area contributed by atoms with E-state index in [-0.39, 0.29) is 0 Å². The van der Waals surface area contributed by atoms with E-state index >= 15 is 0 Å². The number of ether oxygens (including phenoxy) is 2. The minimum absolute atomic E-state index is 0.445. The first-order chi connectivity index (χ1) is 10.3. The van der Waals surface area contributed by atoms with Crippen molar-refractivity contribution in [2.24, 2.45) is 0 Å². The molecule has 0 N–H and O–H groups in total. The zero-order valence-electron chi connectivity index (χ0n) is 12.3. The van der Waals surface area contributed by atoms with Crippen molar-refractivity contribution in [2.45, 2.75) is 26.2 Å². The smallest absolute Gasteiger partial charge is 0.119 e. The predicted octanol–water partition coefficient (Wildman–Crippen LogP) is 3.40. The molecule has 0 saturated carbocycles. The molecule has 1 aromatic heterocycles. The summed E-state index contributed by atoms with van der Waals surface area (Å²) >= 11 is 1.62. The maximum atomic E-state index is 8.81. The Kier molecular flexibility index (Phi) is 5.59. The van der Waals surface area contributed by atoms with Gasteiger partial charge in [-0.1, -0.05) is 6.92 Å². The molecule has 2 aromatic rings. The van der Waals surface area contributed by atoms with Gasteiger partial charge in [0.25, 0.3) is 0 Å². The average molecular weight is 302 g/mol. The lowest BCUT2D eigenvalue weighted by molar-refractivity contribution is 0.321. The lowest BCUT2D eigenvalue weighted by atomic mass is 10.2. The van der Waals surface area contributed by atoms with Crippen LogP contribution in [-0.2, 0) is 19.3 Å². The third-order valence-electron chi connectivity index (χ3n) is 3.04. The number of aryl methyl sites for hydroxylation is 1. The van der Waals surface area contributed by atoms with Crippen molar-refractivity contribution in [3.05, 3.63) is 39.8 Å². The maximum absolute atomic E-state index is 8.81. The van der Waals surface area contributed by atoms with Crippen molar-refractivity contribution in [3.63, 3.8) is 0 Å². The van der Waals surface area contributed by atoms with Gasteiger partial charge < -0.3 is 9.47 Å². The van der Waals surface area contributed by atoms with E-state index in [1.165, 1.54) is 0 Å². The van der Waals surface area contributed by atoms with Gasteiger partial charge in [-0.2, -0.15) is 5.26 Å². The Morgan fingerprint density at radius 3 is 2.57 bits per heavy atom. The summed E-state index contributed by atoms with van der Waals surface area (Å²) in [5.74, 6) is 1.64. The van der Waals surface area contributed by atoms with Crippen LogP contribution < -0.4 is 9.47 Å². The molecule has 0 amide bonds. The lowest BCUT2D eigenvalue weighted by Gasteiger charge is -2.05. The fraction of sp³-hybridized carbons (Fsp3) is 0.375. The Morgan fingerprint density at radius 1 is 1.24 bits per heavy atom. The maximum Gasteiger partial charge on any atom is 0.119 e. The zero-order chi connectivity index (χ0) is 15.1. The Morgan fingerprint density at radius 2 is 1.95 bits per heavy atom. The molecule has 0 unspecified atom stereocenters. The van der Waals surface area contributed by atoms with E-state index in [1.807, 2.05) is 24.3 Å². The van der Waals surface area contributed by atoms with Gasteiger partial charge in [0, 0.05) is 11.3 Å². The van der Waals surface area contributed by atoms with Gasteiger partial charge in [0.1, 0.15) is 11.5 Å². The molecule has 110 valence electrons. The van der Waals surface area contributed by atoms with Crippen molar-refractivity contribution >= 4 is 11.3 Å². The predicted molar refractivity (Wildman–Crippen MR) is 83.0 cm³/mol. The van der Waals surface area contributed by atoms with Gasteiger partial charge in [-0.3, -0.25) is 0 Å². The molecule has 0 spiro atoms. The van der Waals surface area contributed by atoms with E-state index in [1.54, 1.807) is 18.4 Å². The van der Waals surface area contributed by atoms with Gasteiger partial charge in [0.2, 0.25) is 0 Å². The Bertz CT molecular complexity index is 614. The zero-order valence-corrected chi connectivity index (χ0v) is 13.1. The molecule has 0 aliphatic rings. The molecule has 0 saturated heterocycles. The van der Waals surface area contributed by atoms with Crippen molar-refractivity contribution < 1.29 is 9.47 Å². The molecule has 0 atom stereocenters. The summed E-state index contributed by atoms with van der Waals surface area (Å²) in [6, 6.07) is 9.72. The van der Waals surface area contributed by atoms with E-state index in [0.717, 1.165) is 39.9 Å². The highest BCUT2D eigenvalue weighted by Crippen LogP contribution is 2.21. The normalized spacial score (nSPS) is 10.1. The summed E-state index contributed by atoms with van der Waals surface area (Å²) in [7, 11) is 1.64. The van der Waals surface area contributed by atoms with Crippen LogP contribution in [0.4, 0.5) is 0 Å². The first-order valence-electron chi connectivity index (χ1n) is 6.88. The van der Waals surface area contributed by atoms with Crippen LogP contribution in [0.5, 0.6) is 11.5 Å². The van der Waals surface area contributed by atoms with Gasteiger partial charge in [-0.15, -0.1) is 11.3 Å². The minimum atomic E-state index is 0.445.